The molecule has 5 rings (SSSR count). The van der Waals surface area contributed by atoms with Crippen molar-refractivity contribution in [3.05, 3.63) is 73.1 Å². The second-order valence-electron chi connectivity index (χ2n) is 7.20. The summed E-state index contributed by atoms with van der Waals surface area (Å²) >= 11 is 1.29. The Labute approximate surface area is 182 Å². The van der Waals surface area contributed by atoms with Crippen LogP contribution < -0.4 is 9.47 Å². The molecule has 4 aromatic rings. The van der Waals surface area contributed by atoms with Crippen LogP contribution in [0, 0.1) is 0 Å². The van der Waals surface area contributed by atoms with E-state index in [1.807, 2.05) is 48.5 Å². The van der Waals surface area contributed by atoms with Gasteiger partial charge in [-0.05, 0) is 37.1 Å². The maximum absolute atomic E-state index is 12.7. The van der Waals surface area contributed by atoms with Gasteiger partial charge in [0.1, 0.15) is 21.5 Å². The first-order chi connectivity index (χ1) is 15.2. The molecule has 0 radical (unpaired) electrons. The molecule has 2 atom stereocenters. The predicted octanol–water partition coefficient (Wildman–Crippen LogP) is 4.56. The number of ether oxygens (including phenoxy) is 2. The Bertz CT molecular complexity index is 1180. The van der Waals surface area contributed by atoms with Crippen LogP contribution in [0.25, 0.3) is 21.8 Å². The monoisotopic (exact) mass is 430 g/mol. The lowest BCUT2D eigenvalue weighted by molar-refractivity contribution is -0.134. The van der Waals surface area contributed by atoms with Crippen LogP contribution in [0.2, 0.25) is 0 Å². The van der Waals surface area contributed by atoms with Crippen LogP contribution in [0.1, 0.15) is 12.8 Å². The summed E-state index contributed by atoms with van der Waals surface area (Å²) < 4.78 is 11.3. The van der Waals surface area contributed by atoms with Gasteiger partial charge in [0, 0.05) is 23.2 Å². The summed E-state index contributed by atoms with van der Waals surface area (Å²) in [4.78, 5) is 34.1. The number of fused-ring (bicyclic) bond motifs is 2. The highest BCUT2D eigenvalue weighted by atomic mass is 32.2. The third kappa shape index (κ3) is 3.96. The highest BCUT2D eigenvalue weighted by Crippen LogP contribution is 2.37. The standard InChI is InChI=1S/C24H18N2O4S/c27-23(29-17-9-1-5-15-7-3-13-25-21(15)17)19-11-12-20(31-19)24(28)30-18-10-2-6-16-8-4-14-26-22(16)18/h1-10,13-14,19-20H,11-12H2. The highest BCUT2D eigenvalue weighted by molar-refractivity contribution is 8.02. The summed E-state index contributed by atoms with van der Waals surface area (Å²) in [7, 11) is 0. The van der Waals surface area contributed by atoms with E-state index < -0.39 is 10.5 Å². The number of hydrogen-bond acceptors (Lipinski definition) is 7. The maximum atomic E-state index is 12.7. The lowest BCUT2D eigenvalue weighted by Crippen LogP contribution is -2.23. The molecule has 7 heteroatoms. The number of carbonyl (C=O) groups is 2. The van der Waals surface area contributed by atoms with E-state index in [2.05, 4.69) is 9.97 Å². The molecule has 0 bridgehead atoms. The fourth-order valence-electron chi connectivity index (χ4n) is 3.65. The van der Waals surface area contributed by atoms with Crippen molar-refractivity contribution in [2.75, 3.05) is 0 Å². The quantitative estimate of drug-likeness (QED) is 0.347. The van der Waals surface area contributed by atoms with Gasteiger partial charge in [0.2, 0.25) is 0 Å². The minimum atomic E-state index is -0.429. The predicted molar refractivity (Wildman–Crippen MR) is 119 cm³/mol. The molecule has 1 fully saturated rings. The van der Waals surface area contributed by atoms with Crippen molar-refractivity contribution < 1.29 is 19.1 Å². The second-order valence-corrected chi connectivity index (χ2v) is 8.61. The molecule has 0 spiro atoms. The van der Waals surface area contributed by atoms with Crippen LogP contribution in [0.4, 0.5) is 0 Å². The average molecular weight is 430 g/mol. The van der Waals surface area contributed by atoms with E-state index in [-0.39, 0.29) is 11.9 Å². The minimum Gasteiger partial charge on any atom is -0.423 e. The van der Waals surface area contributed by atoms with Gasteiger partial charge in [-0.25, -0.2) is 0 Å². The Morgan fingerprint density at radius 1 is 0.710 bits per heavy atom. The van der Waals surface area contributed by atoms with Crippen LogP contribution in [-0.2, 0) is 9.59 Å². The molecule has 2 unspecified atom stereocenters. The van der Waals surface area contributed by atoms with Crippen molar-refractivity contribution in [3.63, 3.8) is 0 Å². The molecule has 154 valence electrons. The lowest BCUT2D eigenvalue weighted by atomic mass is 10.2. The van der Waals surface area contributed by atoms with Crippen LogP contribution in [0.5, 0.6) is 11.5 Å². The van der Waals surface area contributed by atoms with Crippen molar-refractivity contribution in [2.45, 2.75) is 23.3 Å². The number of thioether (sulfide) groups is 1. The summed E-state index contributed by atoms with van der Waals surface area (Å²) in [5, 5.41) is 0.943. The molecule has 3 heterocycles. The Hall–Kier alpha value is -3.45. The van der Waals surface area contributed by atoms with Crippen molar-refractivity contribution in [1.29, 1.82) is 0 Å². The zero-order valence-electron chi connectivity index (χ0n) is 16.4. The minimum absolute atomic E-state index is 0.370. The summed E-state index contributed by atoms with van der Waals surface area (Å²) in [6.07, 6.45) is 4.43. The van der Waals surface area contributed by atoms with Gasteiger partial charge in [-0.3, -0.25) is 19.6 Å². The highest BCUT2D eigenvalue weighted by Gasteiger charge is 2.37. The van der Waals surface area contributed by atoms with E-state index >= 15 is 0 Å². The Balaban J connectivity index is 1.26. The van der Waals surface area contributed by atoms with Gasteiger partial charge in [-0.1, -0.05) is 36.4 Å². The summed E-state index contributed by atoms with van der Waals surface area (Å²) in [5.74, 6) is 0.115. The maximum Gasteiger partial charge on any atom is 0.324 e. The van der Waals surface area contributed by atoms with Crippen molar-refractivity contribution >= 4 is 45.5 Å². The number of para-hydroxylation sites is 2. The molecule has 0 saturated carbocycles. The van der Waals surface area contributed by atoms with E-state index in [0.717, 1.165) is 10.8 Å². The lowest BCUT2D eigenvalue weighted by Gasteiger charge is -2.12. The molecule has 2 aromatic carbocycles. The number of aromatic nitrogens is 2. The van der Waals surface area contributed by atoms with Gasteiger partial charge in [0.15, 0.2) is 11.5 Å². The van der Waals surface area contributed by atoms with Crippen molar-refractivity contribution in [2.24, 2.45) is 0 Å². The molecule has 1 aliphatic heterocycles. The Morgan fingerprint density at radius 3 is 1.65 bits per heavy atom. The topological polar surface area (TPSA) is 78.4 Å². The first kappa shape index (κ1) is 19.5. The zero-order valence-corrected chi connectivity index (χ0v) is 17.2. The average Bonchev–Trinajstić information content (AvgIpc) is 3.30. The van der Waals surface area contributed by atoms with E-state index in [0.29, 0.717) is 35.4 Å². The molecule has 0 aliphatic carbocycles. The number of nitrogens with zero attached hydrogens (tertiary/aromatic N) is 2. The van der Waals surface area contributed by atoms with Crippen LogP contribution in [0.3, 0.4) is 0 Å². The second kappa shape index (κ2) is 8.35. The number of rotatable bonds is 4. The molecule has 6 nitrogen and oxygen atoms in total. The van der Waals surface area contributed by atoms with Gasteiger partial charge < -0.3 is 9.47 Å². The number of hydrogen-bond donors (Lipinski definition) is 0. The molecular weight excluding hydrogens is 412 g/mol. The van der Waals surface area contributed by atoms with E-state index in [4.69, 9.17) is 9.47 Å². The molecule has 31 heavy (non-hydrogen) atoms. The van der Waals surface area contributed by atoms with Crippen LogP contribution in [-0.4, -0.2) is 32.4 Å². The van der Waals surface area contributed by atoms with Crippen LogP contribution in [0.15, 0.2) is 73.1 Å². The fraction of sp³-hybridized carbons (Fsp3) is 0.167. The number of benzene rings is 2. The fourth-order valence-corrected chi connectivity index (χ4v) is 4.91. The largest absolute Gasteiger partial charge is 0.423 e. The molecule has 0 N–H and O–H groups in total. The molecule has 0 amide bonds. The molecule has 2 aromatic heterocycles. The van der Waals surface area contributed by atoms with Gasteiger partial charge in [0.25, 0.3) is 0 Å². The third-order valence-electron chi connectivity index (χ3n) is 5.16. The zero-order chi connectivity index (χ0) is 21.2. The van der Waals surface area contributed by atoms with Gasteiger partial charge in [-0.15, -0.1) is 11.8 Å². The first-order valence-electron chi connectivity index (χ1n) is 9.95. The number of pyridine rings is 2. The summed E-state index contributed by atoms with van der Waals surface area (Å²) in [6.45, 7) is 0. The van der Waals surface area contributed by atoms with E-state index in [1.165, 1.54) is 11.8 Å². The molecule has 1 aliphatic rings. The third-order valence-corrected chi connectivity index (χ3v) is 6.67. The summed E-state index contributed by atoms with van der Waals surface area (Å²) in [6, 6.07) is 18.4. The SMILES string of the molecule is O=C(Oc1cccc2cccnc12)C1CCC(C(=O)Oc2cccc3cccnc23)S1. The first-order valence-corrected chi connectivity index (χ1v) is 10.9. The Morgan fingerprint density at radius 2 is 1.16 bits per heavy atom. The van der Waals surface area contributed by atoms with E-state index in [9.17, 15) is 9.59 Å². The van der Waals surface area contributed by atoms with Gasteiger partial charge in [0.05, 0.1) is 0 Å². The van der Waals surface area contributed by atoms with Crippen molar-refractivity contribution in [3.8, 4) is 11.5 Å². The van der Waals surface area contributed by atoms with E-state index in [1.54, 1.807) is 24.5 Å². The number of carbonyl (C=O) groups excluding carboxylic acids is 2. The number of esters is 2. The van der Waals surface area contributed by atoms with Crippen molar-refractivity contribution in [1.82, 2.24) is 9.97 Å². The van der Waals surface area contributed by atoms with Crippen LogP contribution >= 0.6 is 11.8 Å². The molecule has 1 saturated heterocycles. The summed E-state index contributed by atoms with van der Waals surface area (Å²) in [5.41, 5.74) is 1.28. The molecular formula is C24H18N2O4S. The smallest absolute Gasteiger partial charge is 0.324 e. The van der Waals surface area contributed by atoms with Gasteiger partial charge in [-0.2, -0.15) is 0 Å². The normalized spacial score (nSPS) is 18.2. The van der Waals surface area contributed by atoms with Gasteiger partial charge >= 0.3 is 11.9 Å². The Kier molecular flexibility index (Phi) is 5.26.